The van der Waals surface area contributed by atoms with Crippen LogP contribution in [-0.2, 0) is 10.1 Å². The van der Waals surface area contributed by atoms with Gasteiger partial charge in [-0.15, -0.1) is 0 Å². The second kappa shape index (κ2) is 7.65. The fourth-order valence-electron chi connectivity index (χ4n) is 2.47. The first-order valence-electron chi connectivity index (χ1n) is 6.95. The molecule has 1 aromatic rings. The Morgan fingerprint density at radius 2 is 2.26 bits per heavy atom. The zero-order valence-corrected chi connectivity index (χ0v) is 14.5. The van der Waals surface area contributed by atoms with Crippen molar-refractivity contribution in [2.24, 2.45) is 0 Å². The molecule has 0 aromatic heterocycles. The van der Waals surface area contributed by atoms with Gasteiger partial charge in [-0.3, -0.25) is 0 Å². The lowest BCUT2D eigenvalue weighted by atomic mass is 10.1. The molecular weight excluding hydrogens is 370 g/mol. The lowest BCUT2D eigenvalue weighted by Crippen LogP contribution is -2.40. The molecule has 2 rings (SSSR count). The number of alkyl halides is 1. The van der Waals surface area contributed by atoms with Gasteiger partial charge in [-0.2, -0.15) is 0 Å². The number of nitrogens with zero attached hydrogens (tertiary/aromatic N) is 1. The fourth-order valence-corrected chi connectivity index (χ4v) is 3.49. The van der Waals surface area contributed by atoms with Crippen LogP contribution in [0.5, 0.6) is 0 Å². The van der Waals surface area contributed by atoms with Crippen LogP contribution in [-0.4, -0.2) is 25.8 Å². The summed E-state index contributed by atoms with van der Waals surface area (Å²) in [6.45, 7) is 5.17. The number of anilines is 1. The predicted octanol–water partition coefficient (Wildman–Crippen LogP) is 4.74. The van der Waals surface area contributed by atoms with Crippen LogP contribution in [0.1, 0.15) is 31.7 Å². The molecule has 1 aromatic carbocycles. The maximum absolute atomic E-state index is 5.90. The minimum atomic E-state index is 0.386. The number of rotatable bonds is 5. The van der Waals surface area contributed by atoms with E-state index >= 15 is 0 Å². The lowest BCUT2D eigenvalue weighted by molar-refractivity contribution is 0.0440. The highest BCUT2D eigenvalue weighted by atomic mass is 79.9. The minimum absolute atomic E-state index is 0.386. The summed E-state index contributed by atoms with van der Waals surface area (Å²) in [5.41, 5.74) is 2.58. The maximum Gasteiger partial charge on any atom is 0.0750 e. The van der Waals surface area contributed by atoms with Crippen LogP contribution in [0.3, 0.4) is 0 Å². The van der Waals surface area contributed by atoms with E-state index in [0.717, 1.165) is 31.4 Å². The number of ether oxygens (including phenoxy) is 1. The van der Waals surface area contributed by atoms with E-state index < -0.39 is 0 Å². The Labute approximate surface area is 132 Å². The highest BCUT2D eigenvalue weighted by molar-refractivity contribution is 9.10. The number of halogens is 2. The monoisotopic (exact) mass is 389 g/mol. The topological polar surface area (TPSA) is 12.5 Å². The summed E-state index contributed by atoms with van der Waals surface area (Å²) in [6, 6.07) is 6.59. The Kier molecular flexibility index (Phi) is 6.17. The summed E-state index contributed by atoms with van der Waals surface area (Å²) in [5.74, 6) is 0. The number of piperidine rings is 1. The number of hydrogen-bond donors (Lipinski definition) is 0. The molecule has 0 aliphatic carbocycles. The van der Waals surface area contributed by atoms with Gasteiger partial charge in [0.1, 0.15) is 0 Å². The molecule has 1 atom stereocenters. The van der Waals surface area contributed by atoms with Crippen molar-refractivity contribution in [1.82, 2.24) is 0 Å². The largest absolute Gasteiger partial charge is 0.376 e. The first-order chi connectivity index (χ1) is 9.24. The van der Waals surface area contributed by atoms with Crippen LogP contribution in [0.2, 0.25) is 0 Å². The highest BCUT2D eigenvalue weighted by Gasteiger charge is 2.21. The molecule has 106 valence electrons. The first-order valence-corrected chi connectivity index (χ1v) is 8.87. The molecule has 2 nitrogen and oxygen atoms in total. The summed E-state index contributed by atoms with van der Waals surface area (Å²) in [5, 5.41) is 0.897. The van der Waals surface area contributed by atoms with Crippen LogP contribution < -0.4 is 4.90 Å². The van der Waals surface area contributed by atoms with Gasteiger partial charge in [0.15, 0.2) is 0 Å². The van der Waals surface area contributed by atoms with E-state index in [4.69, 9.17) is 4.74 Å². The fraction of sp³-hybridized carbons (Fsp3) is 0.600. The molecule has 4 heteroatoms. The zero-order chi connectivity index (χ0) is 13.7. The second-order valence-electron chi connectivity index (χ2n) is 5.00. The van der Waals surface area contributed by atoms with Crippen LogP contribution in [0.15, 0.2) is 22.7 Å². The molecule has 0 bridgehead atoms. The third-order valence-corrected chi connectivity index (χ3v) is 4.73. The Morgan fingerprint density at radius 3 is 2.95 bits per heavy atom. The summed E-state index contributed by atoms with van der Waals surface area (Å²) in [6.07, 6.45) is 3.88. The molecule has 1 saturated heterocycles. The number of benzene rings is 1. The Bertz CT molecular complexity index is 411. The van der Waals surface area contributed by atoms with Gasteiger partial charge >= 0.3 is 0 Å². The van der Waals surface area contributed by atoms with Crippen molar-refractivity contribution in [3.63, 3.8) is 0 Å². The van der Waals surface area contributed by atoms with E-state index in [1.54, 1.807) is 0 Å². The SMILES string of the molecule is CCCOC1CCCN(c2ccc(CBr)cc2Br)C1. The van der Waals surface area contributed by atoms with Crippen molar-refractivity contribution in [1.29, 1.82) is 0 Å². The quantitative estimate of drug-likeness (QED) is 0.673. The molecule has 1 aliphatic rings. The summed E-state index contributed by atoms with van der Waals surface area (Å²) in [7, 11) is 0. The smallest absolute Gasteiger partial charge is 0.0750 e. The van der Waals surface area contributed by atoms with E-state index in [9.17, 15) is 0 Å². The predicted molar refractivity (Wildman–Crippen MR) is 88.3 cm³/mol. The van der Waals surface area contributed by atoms with E-state index in [1.807, 2.05) is 0 Å². The third kappa shape index (κ3) is 4.20. The maximum atomic E-state index is 5.90. The minimum Gasteiger partial charge on any atom is -0.376 e. The molecule has 0 N–H and O–H groups in total. The molecule has 0 radical (unpaired) electrons. The van der Waals surface area contributed by atoms with Gasteiger partial charge in [-0.1, -0.05) is 28.9 Å². The molecular formula is C15H21Br2NO. The average molecular weight is 391 g/mol. The molecule has 1 fully saturated rings. The van der Waals surface area contributed by atoms with Crippen molar-refractivity contribution in [3.05, 3.63) is 28.2 Å². The van der Waals surface area contributed by atoms with Crippen molar-refractivity contribution in [3.8, 4) is 0 Å². The van der Waals surface area contributed by atoms with Crippen molar-refractivity contribution in [2.75, 3.05) is 24.6 Å². The average Bonchev–Trinajstić information content (AvgIpc) is 2.45. The van der Waals surface area contributed by atoms with E-state index in [2.05, 4.69) is 61.9 Å². The van der Waals surface area contributed by atoms with Crippen molar-refractivity contribution >= 4 is 37.5 Å². The van der Waals surface area contributed by atoms with Crippen LogP contribution in [0, 0.1) is 0 Å². The zero-order valence-electron chi connectivity index (χ0n) is 11.4. The highest BCUT2D eigenvalue weighted by Crippen LogP contribution is 2.30. The van der Waals surface area contributed by atoms with Gasteiger partial charge < -0.3 is 9.64 Å². The van der Waals surface area contributed by atoms with Crippen molar-refractivity contribution in [2.45, 2.75) is 37.6 Å². The second-order valence-corrected chi connectivity index (χ2v) is 6.42. The Hall–Kier alpha value is -0.0600. The number of hydrogen-bond acceptors (Lipinski definition) is 2. The summed E-state index contributed by atoms with van der Waals surface area (Å²) in [4.78, 5) is 2.44. The standard InChI is InChI=1S/C15H21Br2NO/c1-2-8-19-13-4-3-7-18(11-13)15-6-5-12(10-16)9-14(15)17/h5-6,9,13H,2-4,7-8,10-11H2,1H3. The van der Waals surface area contributed by atoms with Crippen LogP contribution in [0.25, 0.3) is 0 Å². The molecule has 1 heterocycles. The molecule has 0 spiro atoms. The molecule has 0 saturated carbocycles. The van der Waals surface area contributed by atoms with Crippen LogP contribution >= 0.6 is 31.9 Å². The normalized spacial score (nSPS) is 19.7. The Balaban J connectivity index is 2.04. The summed E-state index contributed by atoms with van der Waals surface area (Å²) < 4.78 is 7.09. The molecule has 0 amide bonds. The van der Waals surface area contributed by atoms with Crippen molar-refractivity contribution < 1.29 is 4.74 Å². The van der Waals surface area contributed by atoms with Gasteiger partial charge in [0, 0.05) is 29.5 Å². The van der Waals surface area contributed by atoms with Gasteiger partial charge in [-0.25, -0.2) is 0 Å². The van der Waals surface area contributed by atoms with E-state index in [1.165, 1.54) is 28.6 Å². The van der Waals surface area contributed by atoms with Gasteiger partial charge in [0.2, 0.25) is 0 Å². The van der Waals surface area contributed by atoms with Gasteiger partial charge in [0.05, 0.1) is 11.8 Å². The molecule has 19 heavy (non-hydrogen) atoms. The van der Waals surface area contributed by atoms with E-state index in [-0.39, 0.29) is 0 Å². The van der Waals surface area contributed by atoms with Crippen LogP contribution in [0.4, 0.5) is 5.69 Å². The lowest BCUT2D eigenvalue weighted by Gasteiger charge is -2.35. The Morgan fingerprint density at radius 1 is 1.42 bits per heavy atom. The molecule has 1 aliphatic heterocycles. The summed E-state index contributed by atoms with van der Waals surface area (Å²) >= 11 is 7.19. The van der Waals surface area contributed by atoms with E-state index in [0.29, 0.717) is 6.10 Å². The third-order valence-electron chi connectivity index (χ3n) is 3.44. The first kappa shape index (κ1) is 15.3. The van der Waals surface area contributed by atoms with Gasteiger partial charge in [-0.05, 0) is 52.9 Å². The molecule has 1 unspecified atom stereocenters. The van der Waals surface area contributed by atoms with Gasteiger partial charge in [0.25, 0.3) is 0 Å².